The van der Waals surface area contributed by atoms with Crippen molar-refractivity contribution in [2.75, 3.05) is 6.61 Å². The maximum atomic E-state index is 9.49. The van der Waals surface area contributed by atoms with Gasteiger partial charge in [0.15, 0.2) is 0 Å². The van der Waals surface area contributed by atoms with Crippen LogP contribution in [0.25, 0.3) is 0 Å². The van der Waals surface area contributed by atoms with Crippen LogP contribution in [0, 0.1) is 5.92 Å². The summed E-state index contributed by atoms with van der Waals surface area (Å²) in [4.78, 5) is 6.31. The van der Waals surface area contributed by atoms with Gasteiger partial charge in [-0.05, 0) is 44.9 Å². The Kier molecular flexibility index (Phi) is 4.20. The zero-order chi connectivity index (χ0) is 13.2. The molecule has 1 fully saturated rings. The van der Waals surface area contributed by atoms with E-state index in [1.165, 1.54) is 54.1 Å². The van der Waals surface area contributed by atoms with Crippen LogP contribution in [0.5, 0.6) is 0 Å². The highest BCUT2D eigenvalue weighted by atomic mass is 32.1. The summed E-state index contributed by atoms with van der Waals surface area (Å²) in [7, 11) is 0. The van der Waals surface area contributed by atoms with Crippen LogP contribution < -0.4 is 5.32 Å². The minimum atomic E-state index is 0.318. The molecule has 0 spiro atoms. The van der Waals surface area contributed by atoms with Gasteiger partial charge < -0.3 is 10.4 Å². The first-order valence-electron chi connectivity index (χ1n) is 7.63. The first-order chi connectivity index (χ1) is 9.28. The second kappa shape index (κ2) is 5.90. The molecule has 4 heteroatoms. The lowest BCUT2D eigenvalue weighted by atomic mass is 9.84. The van der Waals surface area contributed by atoms with E-state index < -0.39 is 0 Å². The quantitative estimate of drug-likeness (QED) is 0.891. The normalized spacial score (nSPS) is 28.3. The molecular formula is C15H24N2OS. The van der Waals surface area contributed by atoms with Crippen LogP contribution in [0.2, 0.25) is 0 Å². The summed E-state index contributed by atoms with van der Waals surface area (Å²) in [6.45, 7) is 2.54. The molecule has 2 N–H and O–H groups in total. The van der Waals surface area contributed by atoms with Crippen molar-refractivity contribution in [3.8, 4) is 0 Å². The Morgan fingerprint density at radius 1 is 1.32 bits per heavy atom. The zero-order valence-corrected chi connectivity index (χ0v) is 12.5. The van der Waals surface area contributed by atoms with Gasteiger partial charge in [-0.25, -0.2) is 4.98 Å². The number of aryl methyl sites for hydroxylation is 2. The fourth-order valence-electron chi connectivity index (χ4n) is 3.43. The lowest BCUT2D eigenvalue weighted by Crippen LogP contribution is -2.41. The monoisotopic (exact) mass is 280 g/mol. The SMILES string of the molecule is CC(NC1CCCCC1CO)c1nc2c(s1)CCC2. The van der Waals surface area contributed by atoms with Gasteiger partial charge in [-0.3, -0.25) is 0 Å². The molecule has 19 heavy (non-hydrogen) atoms. The average molecular weight is 280 g/mol. The molecule has 1 heterocycles. The summed E-state index contributed by atoms with van der Waals surface area (Å²) in [5.41, 5.74) is 1.34. The Morgan fingerprint density at radius 3 is 2.95 bits per heavy atom. The Hall–Kier alpha value is -0.450. The number of hydrogen-bond donors (Lipinski definition) is 2. The van der Waals surface area contributed by atoms with E-state index in [9.17, 15) is 5.11 Å². The number of nitrogens with one attached hydrogen (secondary N) is 1. The van der Waals surface area contributed by atoms with Gasteiger partial charge in [0.2, 0.25) is 0 Å². The molecule has 1 aromatic rings. The first kappa shape index (κ1) is 13.5. The van der Waals surface area contributed by atoms with Crippen LogP contribution in [0.3, 0.4) is 0 Å². The van der Waals surface area contributed by atoms with E-state index in [-0.39, 0.29) is 0 Å². The first-order valence-corrected chi connectivity index (χ1v) is 8.45. The summed E-state index contributed by atoms with van der Waals surface area (Å²) in [6.07, 6.45) is 8.59. The largest absolute Gasteiger partial charge is 0.396 e. The molecule has 1 aromatic heterocycles. The fraction of sp³-hybridized carbons (Fsp3) is 0.800. The Bertz CT molecular complexity index is 410. The molecule has 1 saturated carbocycles. The maximum absolute atomic E-state index is 9.49. The number of fused-ring (bicyclic) bond motifs is 1. The molecule has 3 rings (SSSR count). The van der Waals surface area contributed by atoms with E-state index >= 15 is 0 Å². The second-order valence-electron chi connectivity index (χ2n) is 6.00. The van der Waals surface area contributed by atoms with Gasteiger partial charge in [0.05, 0.1) is 11.7 Å². The third kappa shape index (κ3) is 2.86. The molecule has 2 aliphatic rings. The van der Waals surface area contributed by atoms with E-state index in [0.717, 1.165) is 6.42 Å². The van der Waals surface area contributed by atoms with Crippen LogP contribution in [0.4, 0.5) is 0 Å². The zero-order valence-electron chi connectivity index (χ0n) is 11.7. The maximum Gasteiger partial charge on any atom is 0.110 e. The van der Waals surface area contributed by atoms with Gasteiger partial charge in [0, 0.05) is 17.5 Å². The third-order valence-electron chi connectivity index (χ3n) is 4.59. The van der Waals surface area contributed by atoms with Crippen LogP contribution in [0.1, 0.15) is 60.6 Å². The highest BCUT2D eigenvalue weighted by molar-refractivity contribution is 7.11. The molecule has 0 bridgehead atoms. The third-order valence-corrected chi connectivity index (χ3v) is 5.93. The second-order valence-corrected chi connectivity index (χ2v) is 7.11. The Labute approximate surface area is 119 Å². The number of nitrogens with zero attached hydrogens (tertiary/aromatic N) is 1. The van der Waals surface area contributed by atoms with E-state index in [1.54, 1.807) is 0 Å². The van der Waals surface area contributed by atoms with Gasteiger partial charge in [-0.1, -0.05) is 12.8 Å². The predicted octanol–water partition coefficient (Wildman–Crippen LogP) is 2.83. The number of hydrogen-bond acceptors (Lipinski definition) is 4. The van der Waals surface area contributed by atoms with E-state index in [0.29, 0.717) is 24.6 Å². The molecule has 3 nitrogen and oxygen atoms in total. The van der Waals surface area contributed by atoms with Crippen molar-refractivity contribution < 1.29 is 5.11 Å². The van der Waals surface area contributed by atoms with Crippen molar-refractivity contribution in [1.29, 1.82) is 0 Å². The van der Waals surface area contributed by atoms with Crippen molar-refractivity contribution in [3.63, 3.8) is 0 Å². The number of thiazole rings is 1. The molecule has 0 aromatic carbocycles. The van der Waals surface area contributed by atoms with Gasteiger partial charge in [0.1, 0.15) is 5.01 Å². The highest BCUT2D eigenvalue weighted by Gasteiger charge is 2.27. The van der Waals surface area contributed by atoms with Gasteiger partial charge in [-0.15, -0.1) is 11.3 Å². The number of aliphatic hydroxyl groups excluding tert-OH is 1. The molecular weight excluding hydrogens is 256 g/mol. The van der Waals surface area contributed by atoms with Crippen LogP contribution in [-0.2, 0) is 12.8 Å². The number of rotatable bonds is 4. The van der Waals surface area contributed by atoms with Gasteiger partial charge in [0.25, 0.3) is 0 Å². The fourth-order valence-corrected chi connectivity index (χ4v) is 4.60. The molecule has 106 valence electrons. The Balaban J connectivity index is 1.64. The van der Waals surface area contributed by atoms with Crippen LogP contribution in [-0.4, -0.2) is 22.7 Å². The Morgan fingerprint density at radius 2 is 2.16 bits per heavy atom. The summed E-state index contributed by atoms with van der Waals surface area (Å²) < 4.78 is 0. The number of aliphatic hydroxyl groups is 1. The number of aromatic nitrogens is 1. The molecule has 0 saturated heterocycles. The van der Waals surface area contributed by atoms with Crippen molar-refractivity contribution in [2.24, 2.45) is 5.92 Å². The minimum absolute atomic E-state index is 0.318. The lowest BCUT2D eigenvalue weighted by Gasteiger charge is -2.32. The van der Waals surface area contributed by atoms with E-state index in [2.05, 4.69) is 12.2 Å². The summed E-state index contributed by atoms with van der Waals surface area (Å²) in [6, 6.07) is 0.792. The summed E-state index contributed by atoms with van der Waals surface area (Å²) in [5.74, 6) is 0.433. The van der Waals surface area contributed by atoms with E-state index in [1.807, 2.05) is 11.3 Å². The molecule has 3 unspecified atom stereocenters. The summed E-state index contributed by atoms with van der Waals surface area (Å²) in [5, 5.41) is 14.4. The van der Waals surface area contributed by atoms with Crippen molar-refractivity contribution in [2.45, 2.75) is 64.0 Å². The topological polar surface area (TPSA) is 45.1 Å². The molecule has 3 atom stereocenters. The van der Waals surface area contributed by atoms with Gasteiger partial charge >= 0.3 is 0 Å². The average Bonchev–Trinajstić information content (AvgIpc) is 3.00. The lowest BCUT2D eigenvalue weighted by molar-refractivity contribution is 0.147. The molecule has 0 radical (unpaired) electrons. The van der Waals surface area contributed by atoms with Crippen LogP contribution >= 0.6 is 11.3 Å². The highest BCUT2D eigenvalue weighted by Crippen LogP contribution is 2.32. The van der Waals surface area contributed by atoms with Crippen molar-refractivity contribution >= 4 is 11.3 Å². The molecule has 2 aliphatic carbocycles. The predicted molar refractivity (Wildman–Crippen MR) is 78.5 cm³/mol. The molecule has 0 amide bonds. The smallest absolute Gasteiger partial charge is 0.110 e. The minimum Gasteiger partial charge on any atom is -0.396 e. The molecule has 0 aliphatic heterocycles. The standard InChI is InChI=1S/C15H24N2OS/c1-10(15-17-13-7-4-8-14(13)19-15)16-12-6-3-2-5-11(12)9-18/h10-12,16,18H,2-9H2,1H3. The van der Waals surface area contributed by atoms with Crippen molar-refractivity contribution in [1.82, 2.24) is 10.3 Å². The van der Waals surface area contributed by atoms with Gasteiger partial charge in [-0.2, -0.15) is 0 Å². The summed E-state index contributed by atoms with van der Waals surface area (Å²) >= 11 is 1.89. The van der Waals surface area contributed by atoms with E-state index in [4.69, 9.17) is 4.98 Å². The van der Waals surface area contributed by atoms with Crippen molar-refractivity contribution in [3.05, 3.63) is 15.6 Å². The van der Waals surface area contributed by atoms with Crippen LogP contribution in [0.15, 0.2) is 0 Å².